The number of ether oxygens (including phenoxy) is 1. The van der Waals surface area contributed by atoms with Gasteiger partial charge in [0.2, 0.25) is 5.78 Å². The van der Waals surface area contributed by atoms with Crippen LogP contribution in [0.1, 0.15) is 119 Å². The number of hydrogen-bond acceptors (Lipinski definition) is 6. The number of nitrogens with one attached hydrogen (secondary N) is 1. The highest BCUT2D eigenvalue weighted by Gasteiger charge is 2.59. The van der Waals surface area contributed by atoms with E-state index in [0.717, 1.165) is 42.1 Å². The van der Waals surface area contributed by atoms with E-state index >= 15 is 0 Å². The Balaban J connectivity index is 1.26. The lowest BCUT2D eigenvalue weighted by Gasteiger charge is -2.60. The van der Waals surface area contributed by atoms with E-state index in [-0.39, 0.29) is 35.5 Å². The first-order valence-electron chi connectivity index (χ1n) is 19.8. The minimum Gasteiger partial charge on any atom is -0.497 e. The maximum absolute atomic E-state index is 14.4. The zero-order valence-corrected chi connectivity index (χ0v) is 32.2. The van der Waals surface area contributed by atoms with Gasteiger partial charge in [-0.2, -0.15) is 0 Å². The highest BCUT2D eigenvalue weighted by atomic mass is 16.5. The number of aliphatic hydroxyl groups is 2. The number of carbonyl (C=O) groups excluding carboxylic acids is 2. The molecule has 1 heterocycles. The third-order valence-corrected chi connectivity index (χ3v) is 14.2. The third-order valence-electron chi connectivity index (χ3n) is 14.2. The third kappa shape index (κ3) is 7.21. The SMILES string of the molecule is COc1ccc(NC(=O)N(CC2CCC3CC2C3(C)C)CC2(O)CCC3c4ccc(cc4C(=O)c4ccco4)CC(O)CCC(C)=CCCC32C)cc1. The Kier molecular flexibility index (Phi) is 10.4. The van der Waals surface area contributed by atoms with Crippen molar-refractivity contribution in [2.75, 3.05) is 25.5 Å². The van der Waals surface area contributed by atoms with Crippen LogP contribution in [0.5, 0.6) is 5.75 Å². The van der Waals surface area contributed by atoms with Crippen molar-refractivity contribution in [3.05, 3.63) is 95.0 Å². The highest BCUT2D eigenvalue weighted by Crippen LogP contribution is 2.62. The van der Waals surface area contributed by atoms with E-state index in [2.05, 4.69) is 39.1 Å². The molecule has 0 saturated heterocycles. The summed E-state index contributed by atoms with van der Waals surface area (Å²) >= 11 is 0. The summed E-state index contributed by atoms with van der Waals surface area (Å²) in [4.78, 5) is 30.5. The average Bonchev–Trinajstić information content (AvgIpc) is 3.77. The van der Waals surface area contributed by atoms with Gasteiger partial charge in [0.25, 0.3) is 0 Å². The smallest absolute Gasteiger partial charge is 0.321 e. The van der Waals surface area contributed by atoms with Gasteiger partial charge < -0.3 is 29.6 Å². The molecule has 6 aliphatic carbocycles. The number of allylic oxidation sites excluding steroid dienone is 2. The van der Waals surface area contributed by atoms with E-state index in [1.807, 2.05) is 47.4 Å². The molecule has 7 unspecified atom stereocenters. The number of rotatable bonds is 8. The molecule has 8 heteroatoms. The molecule has 284 valence electrons. The standard InChI is InChI=1S/C45H58N2O6/c1-29-8-6-21-44(4)38(36-19-11-30(24-34(48)16-10-29)25-37(36)41(49)40-9-7-23-53-40)20-22-45(44,51)28-47(27-31-12-13-32-26-39(31)43(32,2)3)42(50)46-33-14-17-35(52-5)18-15-33/h7-9,11,14-15,17-19,23,25,31-32,34,38-39,48,51H,6,10,12-13,16,20-22,24,26-28H2,1-5H3,(H,46,50). The van der Waals surface area contributed by atoms with E-state index in [9.17, 15) is 19.8 Å². The topological polar surface area (TPSA) is 112 Å². The van der Waals surface area contributed by atoms with Crippen LogP contribution < -0.4 is 10.1 Å². The van der Waals surface area contributed by atoms with E-state index in [4.69, 9.17) is 9.15 Å². The van der Waals surface area contributed by atoms with Gasteiger partial charge >= 0.3 is 6.03 Å². The number of amides is 2. The van der Waals surface area contributed by atoms with Crippen molar-refractivity contribution in [3.63, 3.8) is 0 Å². The van der Waals surface area contributed by atoms with Gasteiger partial charge in [0.05, 0.1) is 31.6 Å². The number of aliphatic hydroxyl groups excluding tert-OH is 1. The molecule has 53 heavy (non-hydrogen) atoms. The molecule has 8 nitrogen and oxygen atoms in total. The number of nitrogens with zero attached hydrogens (tertiary/aromatic N) is 1. The van der Waals surface area contributed by atoms with Gasteiger partial charge in [-0.25, -0.2) is 4.79 Å². The van der Waals surface area contributed by atoms with Crippen LogP contribution in [-0.4, -0.2) is 58.8 Å². The normalized spacial score (nSPS) is 30.7. The molecule has 6 aliphatic rings. The predicted octanol–water partition coefficient (Wildman–Crippen LogP) is 9.16. The summed E-state index contributed by atoms with van der Waals surface area (Å²) in [5.41, 5.74) is 2.64. The molecule has 3 aromatic rings. The molecule has 7 atom stereocenters. The molecule has 2 aromatic carbocycles. The number of methoxy groups -OCH3 is 1. The zero-order valence-electron chi connectivity index (χ0n) is 32.2. The fourth-order valence-corrected chi connectivity index (χ4v) is 10.6. The summed E-state index contributed by atoms with van der Waals surface area (Å²) in [5.74, 6) is 2.31. The summed E-state index contributed by atoms with van der Waals surface area (Å²) in [6.45, 7) is 9.85. The van der Waals surface area contributed by atoms with Crippen molar-refractivity contribution in [2.24, 2.45) is 28.6 Å². The summed E-state index contributed by atoms with van der Waals surface area (Å²) < 4.78 is 11.0. The van der Waals surface area contributed by atoms with Gasteiger partial charge in [-0.1, -0.05) is 44.6 Å². The first kappa shape index (κ1) is 37.4. The fourth-order valence-electron chi connectivity index (χ4n) is 10.6. The Hall–Kier alpha value is -3.88. The Morgan fingerprint density at radius 2 is 1.81 bits per heavy atom. The van der Waals surface area contributed by atoms with Crippen LogP contribution in [0.4, 0.5) is 10.5 Å². The second kappa shape index (κ2) is 14.7. The van der Waals surface area contributed by atoms with Gasteiger partial charge in [-0.05, 0) is 154 Å². The number of urea groups is 1. The molecule has 2 amide bonds. The fraction of sp³-hybridized carbons (Fsp3) is 0.556. The quantitative estimate of drug-likeness (QED) is 0.158. The number of furan rings is 1. The number of hydrogen-bond donors (Lipinski definition) is 3. The molecule has 0 aliphatic heterocycles. The Bertz CT molecular complexity index is 1810. The zero-order chi connectivity index (χ0) is 37.5. The Labute approximate surface area is 315 Å². The van der Waals surface area contributed by atoms with Crippen LogP contribution in [0.2, 0.25) is 0 Å². The summed E-state index contributed by atoms with van der Waals surface area (Å²) in [6.07, 6.45) is 11.2. The van der Waals surface area contributed by atoms with Crippen molar-refractivity contribution in [2.45, 2.75) is 110 Å². The lowest BCUT2D eigenvalue weighted by molar-refractivity contribution is -0.117. The first-order chi connectivity index (χ1) is 25.3. The van der Waals surface area contributed by atoms with Crippen LogP contribution in [0.15, 0.2) is 76.9 Å². The van der Waals surface area contributed by atoms with Crippen LogP contribution >= 0.6 is 0 Å². The highest BCUT2D eigenvalue weighted by molar-refractivity contribution is 6.08. The van der Waals surface area contributed by atoms with E-state index in [1.54, 1.807) is 19.2 Å². The lowest BCUT2D eigenvalue weighted by atomic mass is 9.45. The number of anilines is 1. The van der Waals surface area contributed by atoms with Crippen molar-refractivity contribution < 1.29 is 29.0 Å². The number of fused-ring (bicyclic) bond motifs is 10. The monoisotopic (exact) mass is 722 g/mol. The number of ketones is 1. The lowest BCUT2D eigenvalue weighted by Crippen LogP contribution is -2.58. The molecule has 4 fully saturated rings. The van der Waals surface area contributed by atoms with E-state index < -0.39 is 17.1 Å². The minimum absolute atomic E-state index is 0.149. The van der Waals surface area contributed by atoms with Crippen LogP contribution in [-0.2, 0) is 6.42 Å². The maximum Gasteiger partial charge on any atom is 0.321 e. The summed E-state index contributed by atoms with van der Waals surface area (Å²) in [7, 11) is 1.62. The average molecular weight is 723 g/mol. The summed E-state index contributed by atoms with van der Waals surface area (Å²) in [6, 6.07) is 16.6. The molecule has 4 bridgehead atoms. The molecule has 9 rings (SSSR count). The van der Waals surface area contributed by atoms with Gasteiger partial charge in [0.1, 0.15) is 5.75 Å². The molecule has 4 saturated carbocycles. The number of benzene rings is 2. The molecule has 3 N–H and O–H groups in total. The van der Waals surface area contributed by atoms with Gasteiger partial charge in [-0.3, -0.25) is 4.79 Å². The molecule has 0 radical (unpaired) electrons. The van der Waals surface area contributed by atoms with Crippen LogP contribution in [0, 0.1) is 28.6 Å². The second-order valence-corrected chi connectivity index (χ2v) is 17.5. The van der Waals surface area contributed by atoms with Gasteiger partial charge in [0, 0.05) is 23.2 Å². The van der Waals surface area contributed by atoms with E-state index in [0.29, 0.717) is 61.7 Å². The van der Waals surface area contributed by atoms with Crippen molar-refractivity contribution in [1.29, 1.82) is 0 Å². The van der Waals surface area contributed by atoms with Gasteiger partial charge in [-0.15, -0.1) is 0 Å². The molecule has 1 aromatic heterocycles. The van der Waals surface area contributed by atoms with E-state index in [1.165, 1.54) is 24.7 Å². The van der Waals surface area contributed by atoms with Crippen LogP contribution in [0.25, 0.3) is 0 Å². The van der Waals surface area contributed by atoms with Gasteiger partial charge in [0.15, 0.2) is 5.76 Å². The molecule has 0 spiro atoms. The number of carbonyl (C=O) groups is 2. The summed E-state index contributed by atoms with van der Waals surface area (Å²) in [5, 5.41) is 27.3. The van der Waals surface area contributed by atoms with Crippen LogP contribution in [0.3, 0.4) is 0 Å². The Morgan fingerprint density at radius 3 is 2.51 bits per heavy atom. The van der Waals surface area contributed by atoms with Crippen molar-refractivity contribution >= 4 is 17.5 Å². The second-order valence-electron chi connectivity index (χ2n) is 17.5. The molecular formula is C45H58N2O6. The van der Waals surface area contributed by atoms with Crippen molar-refractivity contribution in [3.8, 4) is 5.75 Å². The minimum atomic E-state index is -1.22. The maximum atomic E-state index is 14.4. The first-order valence-corrected chi connectivity index (χ1v) is 19.8. The molecular weight excluding hydrogens is 665 g/mol. The Morgan fingerprint density at radius 1 is 1.02 bits per heavy atom. The van der Waals surface area contributed by atoms with Crippen molar-refractivity contribution in [1.82, 2.24) is 4.90 Å². The predicted molar refractivity (Wildman–Crippen MR) is 207 cm³/mol. The largest absolute Gasteiger partial charge is 0.497 e.